The van der Waals surface area contributed by atoms with E-state index >= 15 is 0 Å². The lowest BCUT2D eigenvalue weighted by atomic mass is 10.2. The Kier molecular flexibility index (Phi) is 5.13. The Hall–Kier alpha value is 0.137. The van der Waals surface area contributed by atoms with E-state index in [2.05, 4.69) is 25.3 Å². The van der Waals surface area contributed by atoms with Crippen LogP contribution in [0.3, 0.4) is 0 Å². The van der Waals surface area contributed by atoms with Gasteiger partial charge in [-0.3, -0.25) is 0 Å². The van der Waals surface area contributed by atoms with Crippen molar-refractivity contribution >= 4 is 8.32 Å². The monoisotopic (exact) mass is 215 g/mol. The molecular weight excluding hydrogens is 190 g/mol. The van der Waals surface area contributed by atoms with E-state index in [4.69, 9.17) is 4.43 Å². The minimum absolute atomic E-state index is 0.642. The van der Waals surface area contributed by atoms with Crippen molar-refractivity contribution in [2.45, 2.75) is 57.8 Å². The Balaban J connectivity index is 2.14. The highest BCUT2D eigenvalue weighted by Gasteiger charge is 2.24. The van der Waals surface area contributed by atoms with Gasteiger partial charge in [0, 0.05) is 12.6 Å². The SMILES string of the molecule is CCCC[Si](C)(C)OC[C@H]1CCCN1. The van der Waals surface area contributed by atoms with Crippen molar-refractivity contribution in [3.05, 3.63) is 0 Å². The van der Waals surface area contributed by atoms with E-state index < -0.39 is 8.32 Å². The van der Waals surface area contributed by atoms with Gasteiger partial charge in [-0.1, -0.05) is 19.8 Å². The standard InChI is InChI=1S/C11H25NOSi/c1-4-5-9-14(2,3)13-10-11-7-6-8-12-11/h11-12H,4-10H2,1-3H3/t11-/m1/s1. The Morgan fingerprint density at radius 3 is 2.79 bits per heavy atom. The molecule has 1 N–H and O–H groups in total. The van der Waals surface area contributed by atoms with Crippen molar-refractivity contribution in [1.82, 2.24) is 5.32 Å². The molecule has 0 aliphatic carbocycles. The van der Waals surface area contributed by atoms with Gasteiger partial charge in [0.25, 0.3) is 0 Å². The summed E-state index contributed by atoms with van der Waals surface area (Å²) in [5, 5.41) is 3.48. The molecule has 0 aromatic carbocycles. The second kappa shape index (κ2) is 5.88. The van der Waals surface area contributed by atoms with Gasteiger partial charge < -0.3 is 9.74 Å². The molecule has 0 radical (unpaired) electrons. The van der Waals surface area contributed by atoms with E-state index in [0.717, 1.165) is 6.61 Å². The van der Waals surface area contributed by atoms with E-state index in [-0.39, 0.29) is 0 Å². The summed E-state index contributed by atoms with van der Waals surface area (Å²) in [6.07, 6.45) is 5.25. The van der Waals surface area contributed by atoms with Crippen LogP contribution in [0.1, 0.15) is 32.6 Å². The fraction of sp³-hybridized carbons (Fsp3) is 1.00. The smallest absolute Gasteiger partial charge is 0.186 e. The van der Waals surface area contributed by atoms with Gasteiger partial charge >= 0.3 is 0 Å². The van der Waals surface area contributed by atoms with Gasteiger partial charge in [0.1, 0.15) is 0 Å². The van der Waals surface area contributed by atoms with Crippen LogP contribution >= 0.6 is 0 Å². The van der Waals surface area contributed by atoms with Gasteiger partial charge in [-0.15, -0.1) is 0 Å². The maximum atomic E-state index is 6.09. The lowest BCUT2D eigenvalue weighted by Crippen LogP contribution is -2.36. The molecule has 14 heavy (non-hydrogen) atoms. The van der Waals surface area contributed by atoms with Crippen molar-refractivity contribution in [2.24, 2.45) is 0 Å². The van der Waals surface area contributed by atoms with Crippen LogP contribution in [0.15, 0.2) is 0 Å². The van der Waals surface area contributed by atoms with Gasteiger partial charge in [0.15, 0.2) is 8.32 Å². The highest BCUT2D eigenvalue weighted by molar-refractivity contribution is 6.71. The van der Waals surface area contributed by atoms with Gasteiger partial charge in [0.05, 0.1) is 0 Å². The zero-order chi connectivity index (χ0) is 10.4. The second-order valence-corrected chi connectivity index (χ2v) is 9.28. The maximum Gasteiger partial charge on any atom is 0.186 e. The third-order valence-electron chi connectivity index (χ3n) is 2.97. The predicted octanol–water partition coefficient (Wildman–Crippen LogP) is 2.76. The summed E-state index contributed by atoms with van der Waals surface area (Å²) in [7, 11) is -1.33. The van der Waals surface area contributed by atoms with E-state index in [9.17, 15) is 0 Å². The molecule has 1 heterocycles. The molecule has 1 fully saturated rings. The number of rotatable bonds is 6. The Morgan fingerprint density at radius 2 is 2.21 bits per heavy atom. The average Bonchev–Trinajstić information content (AvgIpc) is 2.64. The molecule has 1 saturated heterocycles. The van der Waals surface area contributed by atoms with Crippen LogP contribution in [0.2, 0.25) is 19.1 Å². The van der Waals surface area contributed by atoms with Crippen LogP contribution < -0.4 is 5.32 Å². The topological polar surface area (TPSA) is 21.3 Å². The van der Waals surface area contributed by atoms with Crippen molar-refractivity contribution in [3.63, 3.8) is 0 Å². The molecule has 3 heteroatoms. The molecule has 1 aliphatic heterocycles. The molecule has 2 nitrogen and oxygen atoms in total. The Morgan fingerprint density at radius 1 is 1.43 bits per heavy atom. The lowest BCUT2D eigenvalue weighted by Gasteiger charge is -2.24. The van der Waals surface area contributed by atoms with E-state index in [1.54, 1.807) is 0 Å². The average molecular weight is 215 g/mol. The first kappa shape index (κ1) is 12.2. The normalized spacial score (nSPS) is 22.9. The summed E-state index contributed by atoms with van der Waals surface area (Å²) in [6.45, 7) is 9.08. The Bertz CT molecular complexity index is 155. The molecule has 0 spiro atoms. The molecule has 0 bridgehead atoms. The summed E-state index contributed by atoms with van der Waals surface area (Å²) in [5.41, 5.74) is 0. The van der Waals surface area contributed by atoms with E-state index in [1.165, 1.54) is 38.3 Å². The van der Waals surface area contributed by atoms with Crippen molar-refractivity contribution in [3.8, 4) is 0 Å². The summed E-state index contributed by atoms with van der Waals surface area (Å²) in [6, 6.07) is 1.96. The van der Waals surface area contributed by atoms with Crippen molar-refractivity contribution in [2.75, 3.05) is 13.2 Å². The van der Waals surface area contributed by atoms with Crippen LogP contribution in [0, 0.1) is 0 Å². The molecule has 1 aliphatic rings. The number of hydrogen-bond acceptors (Lipinski definition) is 2. The lowest BCUT2D eigenvalue weighted by molar-refractivity contribution is 0.266. The predicted molar refractivity (Wildman–Crippen MR) is 64.2 cm³/mol. The van der Waals surface area contributed by atoms with Gasteiger partial charge in [-0.25, -0.2) is 0 Å². The van der Waals surface area contributed by atoms with Crippen LogP contribution in [0.5, 0.6) is 0 Å². The summed E-state index contributed by atoms with van der Waals surface area (Å²) in [5.74, 6) is 0. The van der Waals surface area contributed by atoms with Gasteiger partial charge in [-0.05, 0) is 38.5 Å². The molecule has 84 valence electrons. The van der Waals surface area contributed by atoms with Crippen LogP contribution in [-0.2, 0) is 4.43 Å². The van der Waals surface area contributed by atoms with Crippen LogP contribution in [0.4, 0.5) is 0 Å². The first-order valence-electron chi connectivity index (χ1n) is 6.01. The molecule has 0 aromatic heterocycles. The highest BCUT2D eigenvalue weighted by atomic mass is 28.4. The fourth-order valence-electron chi connectivity index (χ4n) is 1.90. The number of unbranched alkanes of at least 4 members (excludes halogenated alkanes) is 1. The largest absolute Gasteiger partial charge is 0.416 e. The van der Waals surface area contributed by atoms with E-state index in [1.807, 2.05) is 0 Å². The quantitative estimate of drug-likeness (QED) is 0.688. The third-order valence-corrected chi connectivity index (χ3v) is 5.48. The Labute approximate surface area is 89.6 Å². The summed E-state index contributed by atoms with van der Waals surface area (Å²) < 4.78 is 6.09. The molecule has 1 atom stereocenters. The van der Waals surface area contributed by atoms with Crippen LogP contribution in [0.25, 0.3) is 0 Å². The first-order valence-corrected chi connectivity index (χ1v) is 9.13. The third kappa shape index (κ3) is 4.58. The summed E-state index contributed by atoms with van der Waals surface area (Å²) in [4.78, 5) is 0. The minimum Gasteiger partial charge on any atom is -0.416 e. The van der Waals surface area contributed by atoms with Crippen molar-refractivity contribution in [1.29, 1.82) is 0 Å². The number of hydrogen-bond donors (Lipinski definition) is 1. The molecule has 0 saturated carbocycles. The van der Waals surface area contributed by atoms with Gasteiger partial charge in [0.2, 0.25) is 0 Å². The van der Waals surface area contributed by atoms with E-state index in [0.29, 0.717) is 6.04 Å². The fourth-order valence-corrected chi connectivity index (χ4v) is 3.90. The summed E-state index contributed by atoms with van der Waals surface area (Å²) >= 11 is 0. The van der Waals surface area contributed by atoms with Crippen molar-refractivity contribution < 1.29 is 4.43 Å². The molecular formula is C11H25NOSi. The molecule has 0 aromatic rings. The first-order chi connectivity index (χ1) is 6.64. The van der Waals surface area contributed by atoms with Gasteiger partial charge in [-0.2, -0.15) is 0 Å². The molecule has 0 amide bonds. The zero-order valence-corrected chi connectivity index (χ0v) is 10.9. The highest BCUT2D eigenvalue weighted by Crippen LogP contribution is 2.16. The second-order valence-electron chi connectivity index (χ2n) is 4.97. The number of nitrogens with one attached hydrogen (secondary N) is 1. The maximum absolute atomic E-state index is 6.09. The van der Waals surface area contributed by atoms with Crippen LogP contribution in [-0.4, -0.2) is 27.5 Å². The molecule has 1 rings (SSSR count). The molecule has 0 unspecified atom stereocenters. The minimum atomic E-state index is -1.33. The zero-order valence-electron chi connectivity index (χ0n) is 9.94.